The molecule has 1 unspecified atom stereocenters. The fraction of sp³-hybridized carbons (Fsp3) is 0.625. The normalized spacial score (nSPS) is 12.6. The molecule has 0 bridgehead atoms. The lowest BCUT2D eigenvalue weighted by Crippen LogP contribution is -2.25. The third kappa shape index (κ3) is 5.65. The molecule has 1 atom stereocenters. The van der Waals surface area contributed by atoms with Gasteiger partial charge in [-0.15, -0.1) is 0 Å². The first-order chi connectivity index (χ1) is 8.77. The molecule has 102 valence electrons. The number of hydrogen-bond acceptors (Lipinski definition) is 2. The minimum absolute atomic E-state index is 0.590. The summed E-state index contributed by atoms with van der Waals surface area (Å²) < 4.78 is 5.23. The molecule has 1 N–H and O–H groups in total. The van der Waals surface area contributed by atoms with E-state index in [-0.39, 0.29) is 0 Å². The Kier molecular flexibility index (Phi) is 7.70. The first-order valence-corrected chi connectivity index (χ1v) is 7.07. The monoisotopic (exact) mass is 249 g/mol. The summed E-state index contributed by atoms with van der Waals surface area (Å²) >= 11 is 0. The largest absolute Gasteiger partial charge is 0.380 e. The molecule has 0 saturated carbocycles. The Hall–Kier alpha value is -0.860. The van der Waals surface area contributed by atoms with Crippen molar-refractivity contribution in [2.75, 3.05) is 7.11 Å². The van der Waals surface area contributed by atoms with Crippen LogP contribution in [0.2, 0.25) is 0 Å². The zero-order valence-corrected chi connectivity index (χ0v) is 12.0. The van der Waals surface area contributed by atoms with Crippen LogP contribution >= 0.6 is 0 Å². The Balaban J connectivity index is 2.37. The van der Waals surface area contributed by atoms with E-state index in [1.807, 2.05) is 0 Å². The maximum absolute atomic E-state index is 5.23. The minimum atomic E-state index is 0.590. The van der Waals surface area contributed by atoms with Crippen molar-refractivity contribution in [2.45, 2.75) is 58.7 Å². The molecule has 0 radical (unpaired) electrons. The van der Waals surface area contributed by atoms with Gasteiger partial charge in [0.1, 0.15) is 0 Å². The van der Waals surface area contributed by atoms with Crippen LogP contribution in [-0.2, 0) is 17.9 Å². The lowest BCUT2D eigenvalue weighted by Gasteiger charge is -2.15. The molecule has 1 rings (SSSR count). The summed E-state index contributed by atoms with van der Waals surface area (Å²) in [7, 11) is 1.75. The average Bonchev–Trinajstić information content (AvgIpc) is 2.38. The molecule has 0 spiro atoms. The summed E-state index contributed by atoms with van der Waals surface area (Å²) in [5, 5.41) is 3.60. The second-order valence-electron chi connectivity index (χ2n) is 4.98. The topological polar surface area (TPSA) is 21.3 Å². The molecule has 0 fully saturated rings. The van der Waals surface area contributed by atoms with E-state index in [4.69, 9.17) is 4.74 Å². The number of hydrogen-bond donors (Lipinski definition) is 1. The van der Waals surface area contributed by atoms with Crippen LogP contribution in [0.25, 0.3) is 0 Å². The van der Waals surface area contributed by atoms with Gasteiger partial charge >= 0.3 is 0 Å². The van der Waals surface area contributed by atoms with Crippen molar-refractivity contribution in [1.29, 1.82) is 0 Å². The van der Waals surface area contributed by atoms with Crippen LogP contribution in [0.15, 0.2) is 24.3 Å². The number of nitrogens with one attached hydrogen (secondary N) is 1. The predicted molar refractivity (Wildman–Crippen MR) is 77.6 cm³/mol. The molecule has 18 heavy (non-hydrogen) atoms. The number of unbranched alkanes of at least 4 members (excludes halogenated alkanes) is 2. The second-order valence-corrected chi connectivity index (χ2v) is 4.98. The number of ether oxygens (including phenoxy) is 1. The summed E-state index contributed by atoms with van der Waals surface area (Å²) in [6.07, 6.45) is 5.22. The molecule has 0 aliphatic carbocycles. The van der Waals surface area contributed by atoms with E-state index < -0.39 is 0 Å². The Morgan fingerprint density at radius 1 is 1.17 bits per heavy atom. The standard InChI is InChI=1S/C16H27NO/c1-4-5-6-9-14(2)17-12-15-10-7-8-11-16(15)13-18-3/h7-8,10-11,14,17H,4-6,9,12-13H2,1-3H3. The summed E-state index contributed by atoms with van der Waals surface area (Å²) in [6, 6.07) is 9.08. The van der Waals surface area contributed by atoms with E-state index >= 15 is 0 Å². The fourth-order valence-electron chi connectivity index (χ4n) is 2.11. The van der Waals surface area contributed by atoms with Crippen molar-refractivity contribution < 1.29 is 4.74 Å². The number of rotatable bonds is 9. The van der Waals surface area contributed by atoms with E-state index in [9.17, 15) is 0 Å². The van der Waals surface area contributed by atoms with Crippen molar-refractivity contribution in [2.24, 2.45) is 0 Å². The second kappa shape index (κ2) is 9.12. The molecule has 2 nitrogen and oxygen atoms in total. The van der Waals surface area contributed by atoms with Gasteiger partial charge in [0.2, 0.25) is 0 Å². The molecule has 0 saturated heterocycles. The zero-order valence-electron chi connectivity index (χ0n) is 12.0. The highest BCUT2D eigenvalue weighted by Crippen LogP contribution is 2.11. The van der Waals surface area contributed by atoms with Gasteiger partial charge in [-0.3, -0.25) is 0 Å². The maximum atomic E-state index is 5.23. The number of methoxy groups -OCH3 is 1. The molecule has 0 aliphatic heterocycles. The maximum Gasteiger partial charge on any atom is 0.0716 e. The van der Waals surface area contributed by atoms with Crippen molar-refractivity contribution in [3.8, 4) is 0 Å². The molecule has 1 aromatic carbocycles. The Morgan fingerprint density at radius 2 is 1.89 bits per heavy atom. The summed E-state index contributed by atoms with van der Waals surface area (Å²) in [5.41, 5.74) is 2.63. The molecular weight excluding hydrogens is 222 g/mol. The first kappa shape index (κ1) is 15.2. The molecular formula is C16H27NO. The average molecular weight is 249 g/mol. The smallest absolute Gasteiger partial charge is 0.0716 e. The third-order valence-electron chi connectivity index (χ3n) is 3.30. The summed E-state index contributed by atoms with van der Waals surface area (Å²) in [6.45, 7) is 6.16. The van der Waals surface area contributed by atoms with Gasteiger partial charge in [-0.2, -0.15) is 0 Å². The molecule has 0 heterocycles. The third-order valence-corrected chi connectivity index (χ3v) is 3.30. The lowest BCUT2D eigenvalue weighted by molar-refractivity contribution is 0.184. The van der Waals surface area contributed by atoms with Gasteiger partial charge in [-0.25, -0.2) is 0 Å². The molecule has 0 amide bonds. The Morgan fingerprint density at radius 3 is 2.56 bits per heavy atom. The highest BCUT2D eigenvalue weighted by molar-refractivity contribution is 5.26. The molecule has 2 heteroatoms. The van der Waals surface area contributed by atoms with Crippen molar-refractivity contribution in [1.82, 2.24) is 5.32 Å². The Labute approximate surface area is 112 Å². The van der Waals surface area contributed by atoms with Crippen LogP contribution < -0.4 is 5.32 Å². The van der Waals surface area contributed by atoms with Crippen LogP contribution in [0, 0.1) is 0 Å². The molecule has 0 aromatic heterocycles. The van der Waals surface area contributed by atoms with Crippen LogP contribution in [-0.4, -0.2) is 13.2 Å². The van der Waals surface area contributed by atoms with Gasteiger partial charge in [0, 0.05) is 19.7 Å². The molecule has 1 aromatic rings. The van der Waals surface area contributed by atoms with Gasteiger partial charge in [0.25, 0.3) is 0 Å². The Bertz CT molecular complexity index is 325. The first-order valence-electron chi connectivity index (χ1n) is 7.07. The predicted octanol–water partition coefficient (Wildman–Crippen LogP) is 3.89. The summed E-state index contributed by atoms with van der Waals surface area (Å²) in [5.74, 6) is 0. The van der Waals surface area contributed by atoms with Gasteiger partial charge in [0.15, 0.2) is 0 Å². The van der Waals surface area contributed by atoms with Gasteiger partial charge in [0.05, 0.1) is 6.61 Å². The van der Waals surface area contributed by atoms with Gasteiger partial charge < -0.3 is 10.1 Å². The van der Waals surface area contributed by atoms with Crippen LogP contribution in [0.3, 0.4) is 0 Å². The van der Waals surface area contributed by atoms with Crippen molar-refractivity contribution in [3.63, 3.8) is 0 Å². The highest BCUT2D eigenvalue weighted by Gasteiger charge is 2.04. The quantitative estimate of drug-likeness (QED) is 0.670. The van der Waals surface area contributed by atoms with Crippen molar-refractivity contribution in [3.05, 3.63) is 35.4 Å². The van der Waals surface area contributed by atoms with E-state index in [0.29, 0.717) is 12.6 Å². The van der Waals surface area contributed by atoms with Crippen LogP contribution in [0.1, 0.15) is 50.7 Å². The summed E-state index contributed by atoms with van der Waals surface area (Å²) in [4.78, 5) is 0. The highest BCUT2D eigenvalue weighted by atomic mass is 16.5. The van der Waals surface area contributed by atoms with Crippen LogP contribution in [0.4, 0.5) is 0 Å². The lowest BCUT2D eigenvalue weighted by atomic mass is 10.1. The van der Waals surface area contributed by atoms with E-state index in [0.717, 1.165) is 6.54 Å². The van der Waals surface area contributed by atoms with Gasteiger partial charge in [-0.1, -0.05) is 50.5 Å². The zero-order chi connectivity index (χ0) is 13.2. The van der Waals surface area contributed by atoms with E-state index in [2.05, 4.69) is 43.4 Å². The van der Waals surface area contributed by atoms with Crippen molar-refractivity contribution >= 4 is 0 Å². The molecule has 0 aliphatic rings. The SMILES string of the molecule is CCCCCC(C)NCc1ccccc1COC. The van der Waals surface area contributed by atoms with E-state index in [1.165, 1.54) is 36.8 Å². The number of benzene rings is 1. The van der Waals surface area contributed by atoms with Gasteiger partial charge in [-0.05, 0) is 24.5 Å². The van der Waals surface area contributed by atoms with E-state index in [1.54, 1.807) is 7.11 Å². The fourth-order valence-corrected chi connectivity index (χ4v) is 2.11. The van der Waals surface area contributed by atoms with Crippen LogP contribution in [0.5, 0.6) is 0 Å². The minimum Gasteiger partial charge on any atom is -0.380 e.